The fourth-order valence-corrected chi connectivity index (χ4v) is 2.49. The molecule has 0 aromatic carbocycles. The van der Waals surface area contributed by atoms with Gasteiger partial charge in [-0.2, -0.15) is 0 Å². The summed E-state index contributed by atoms with van der Waals surface area (Å²) in [7, 11) is 0. The first-order valence-electron chi connectivity index (χ1n) is 9.69. The molecule has 0 aromatic heterocycles. The first-order chi connectivity index (χ1) is 13.0. The molecule has 0 spiro atoms. The standard InChI is InChI=1S/C20H31N2O5/c1-2-3-4-11-14-19(21(24)25)16-17-20(22(26)27)15-12-9-7-5-6-8-10-13-18-23/h9,12,14,17H,2-8,10-11,13,15-16H2,1H3/b12-9+,19-14-,20-17-. The number of rotatable bonds is 17. The second-order valence-electron chi connectivity index (χ2n) is 6.38. The minimum Gasteiger partial charge on any atom is -0.291 e. The van der Waals surface area contributed by atoms with Crippen molar-refractivity contribution in [3.63, 3.8) is 0 Å². The topological polar surface area (TPSA) is 103 Å². The Labute approximate surface area is 161 Å². The minimum absolute atomic E-state index is 0.0157. The number of carbonyl (C=O) groups excluding carboxylic acids is 1. The Morgan fingerprint density at radius 2 is 1.44 bits per heavy atom. The summed E-state index contributed by atoms with van der Waals surface area (Å²) in [5.74, 6) is 0. The smallest absolute Gasteiger partial charge is 0.246 e. The summed E-state index contributed by atoms with van der Waals surface area (Å²) < 4.78 is 0. The largest absolute Gasteiger partial charge is 0.291 e. The Balaban J connectivity index is 4.42. The highest BCUT2D eigenvalue weighted by Gasteiger charge is 2.13. The summed E-state index contributed by atoms with van der Waals surface area (Å²) in [5.41, 5.74) is -0.00363. The number of nitro groups is 2. The maximum Gasteiger partial charge on any atom is 0.246 e. The van der Waals surface area contributed by atoms with Crippen molar-refractivity contribution < 1.29 is 14.6 Å². The van der Waals surface area contributed by atoms with Gasteiger partial charge in [-0.15, -0.1) is 0 Å². The van der Waals surface area contributed by atoms with Crippen LogP contribution in [-0.4, -0.2) is 16.1 Å². The van der Waals surface area contributed by atoms with Crippen molar-refractivity contribution in [2.45, 2.75) is 84.0 Å². The molecule has 0 aliphatic rings. The molecule has 0 fully saturated rings. The molecule has 0 rings (SSSR count). The van der Waals surface area contributed by atoms with E-state index in [0.717, 1.165) is 51.4 Å². The molecular formula is C20H31N2O5. The third kappa shape index (κ3) is 14.5. The molecule has 151 valence electrons. The predicted molar refractivity (Wildman–Crippen MR) is 106 cm³/mol. The molecule has 0 aliphatic heterocycles. The Morgan fingerprint density at radius 1 is 0.815 bits per heavy atom. The van der Waals surface area contributed by atoms with E-state index < -0.39 is 9.85 Å². The molecular weight excluding hydrogens is 348 g/mol. The second kappa shape index (κ2) is 17.1. The minimum atomic E-state index is -0.477. The SMILES string of the molecule is CCCCC/C=C(/C/C=C(/C/C=C/CCCCCC[C]=O)[N+](=O)[O-])[N+](=O)[O-]. The molecule has 0 N–H and O–H groups in total. The van der Waals surface area contributed by atoms with Crippen LogP contribution in [-0.2, 0) is 4.79 Å². The molecule has 27 heavy (non-hydrogen) atoms. The predicted octanol–water partition coefficient (Wildman–Crippen LogP) is 5.67. The lowest BCUT2D eigenvalue weighted by atomic mass is 10.1. The van der Waals surface area contributed by atoms with Crippen LogP contribution in [0.3, 0.4) is 0 Å². The van der Waals surface area contributed by atoms with Crippen molar-refractivity contribution in [3.05, 3.63) is 55.9 Å². The molecule has 0 saturated heterocycles. The number of unbranched alkanes of at least 4 members (excludes halogenated alkanes) is 8. The van der Waals surface area contributed by atoms with Crippen LogP contribution in [0, 0.1) is 20.2 Å². The van der Waals surface area contributed by atoms with E-state index in [1.807, 2.05) is 12.4 Å². The molecule has 0 atom stereocenters. The highest BCUT2D eigenvalue weighted by molar-refractivity contribution is 5.50. The molecule has 7 heteroatoms. The zero-order valence-corrected chi connectivity index (χ0v) is 16.2. The van der Waals surface area contributed by atoms with Crippen LogP contribution in [0.5, 0.6) is 0 Å². The van der Waals surface area contributed by atoms with Crippen LogP contribution >= 0.6 is 0 Å². The summed E-state index contributed by atoms with van der Waals surface area (Å²) in [6.07, 6.45) is 17.2. The summed E-state index contributed by atoms with van der Waals surface area (Å²) in [6, 6.07) is 0. The van der Waals surface area contributed by atoms with Crippen molar-refractivity contribution in [1.82, 2.24) is 0 Å². The highest BCUT2D eigenvalue weighted by atomic mass is 16.6. The van der Waals surface area contributed by atoms with Gasteiger partial charge >= 0.3 is 0 Å². The number of hydrogen-bond donors (Lipinski definition) is 0. The van der Waals surface area contributed by atoms with Crippen molar-refractivity contribution in [3.8, 4) is 0 Å². The molecule has 0 bridgehead atoms. The summed E-state index contributed by atoms with van der Waals surface area (Å²) >= 11 is 0. The zero-order chi connectivity index (χ0) is 20.3. The van der Waals surface area contributed by atoms with E-state index in [1.54, 1.807) is 12.2 Å². The second-order valence-corrected chi connectivity index (χ2v) is 6.38. The lowest BCUT2D eigenvalue weighted by molar-refractivity contribution is -0.431. The van der Waals surface area contributed by atoms with E-state index in [2.05, 4.69) is 6.92 Å². The van der Waals surface area contributed by atoms with Crippen molar-refractivity contribution >= 4 is 6.29 Å². The molecule has 1 radical (unpaired) electrons. The van der Waals surface area contributed by atoms with E-state index in [9.17, 15) is 25.0 Å². The van der Waals surface area contributed by atoms with Crippen molar-refractivity contribution in [2.24, 2.45) is 0 Å². The molecule has 0 amide bonds. The van der Waals surface area contributed by atoms with E-state index in [4.69, 9.17) is 0 Å². The molecule has 0 aromatic rings. The van der Waals surface area contributed by atoms with Crippen LogP contribution in [0.2, 0.25) is 0 Å². The first kappa shape index (κ1) is 24.7. The Kier molecular flexibility index (Phi) is 15.7. The maximum atomic E-state index is 11.1. The summed E-state index contributed by atoms with van der Waals surface area (Å²) in [6.45, 7) is 2.06. The highest BCUT2D eigenvalue weighted by Crippen LogP contribution is 2.13. The van der Waals surface area contributed by atoms with Gasteiger partial charge < -0.3 is 0 Å². The van der Waals surface area contributed by atoms with Gasteiger partial charge in [0, 0.05) is 6.42 Å². The van der Waals surface area contributed by atoms with E-state index >= 15 is 0 Å². The number of nitrogens with zero attached hydrogens (tertiary/aromatic N) is 2. The third-order valence-corrected chi connectivity index (χ3v) is 4.10. The summed E-state index contributed by atoms with van der Waals surface area (Å²) in [5, 5.41) is 22.2. The van der Waals surface area contributed by atoms with Crippen LogP contribution in [0.25, 0.3) is 0 Å². The lowest BCUT2D eigenvalue weighted by Crippen LogP contribution is -2.01. The fraction of sp³-hybridized carbons (Fsp3) is 0.650. The Morgan fingerprint density at radius 3 is 2.07 bits per heavy atom. The molecule has 0 aliphatic carbocycles. The van der Waals surface area contributed by atoms with Gasteiger partial charge in [-0.1, -0.05) is 44.8 Å². The third-order valence-electron chi connectivity index (χ3n) is 4.10. The normalized spacial score (nSPS) is 12.5. The monoisotopic (exact) mass is 379 g/mol. The van der Waals surface area contributed by atoms with Gasteiger partial charge in [0.2, 0.25) is 11.4 Å². The van der Waals surface area contributed by atoms with E-state index in [-0.39, 0.29) is 24.2 Å². The van der Waals surface area contributed by atoms with Crippen LogP contribution in [0.4, 0.5) is 0 Å². The molecule has 7 nitrogen and oxygen atoms in total. The van der Waals surface area contributed by atoms with Gasteiger partial charge in [0.15, 0.2) is 6.29 Å². The first-order valence-corrected chi connectivity index (χ1v) is 9.69. The average Bonchev–Trinajstić information content (AvgIpc) is 2.63. The van der Waals surface area contributed by atoms with Gasteiger partial charge in [-0.05, 0) is 44.3 Å². The molecule has 0 heterocycles. The Hall–Kier alpha value is -2.31. The van der Waals surface area contributed by atoms with Gasteiger partial charge in [0.1, 0.15) is 0 Å². The average molecular weight is 379 g/mol. The fourth-order valence-electron chi connectivity index (χ4n) is 2.49. The van der Waals surface area contributed by atoms with Crippen molar-refractivity contribution in [1.29, 1.82) is 0 Å². The number of allylic oxidation sites excluding steroid dienone is 4. The van der Waals surface area contributed by atoms with Crippen LogP contribution in [0.15, 0.2) is 35.7 Å². The van der Waals surface area contributed by atoms with Gasteiger partial charge in [0.25, 0.3) is 0 Å². The zero-order valence-electron chi connectivity index (χ0n) is 16.2. The summed E-state index contributed by atoms with van der Waals surface area (Å²) in [4.78, 5) is 31.3. The van der Waals surface area contributed by atoms with Gasteiger partial charge in [0.05, 0.1) is 22.7 Å². The van der Waals surface area contributed by atoms with Gasteiger partial charge in [-0.3, -0.25) is 25.0 Å². The van der Waals surface area contributed by atoms with E-state index in [1.165, 1.54) is 6.08 Å². The quantitative estimate of drug-likeness (QED) is 0.140. The Bertz CT molecular complexity index is 538. The van der Waals surface area contributed by atoms with Crippen LogP contribution < -0.4 is 0 Å². The van der Waals surface area contributed by atoms with Crippen LogP contribution in [0.1, 0.15) is 84.0 Å². The number of hydrogen-bond acceptors (Lipinski definition) is 5. The lowest BCUT2D eigenvalue weighted by Gasteiger charge is -1.98. The molecule has 0 unspecified atom stereocenters. The van der Waals surface area contributed by atoms with Gasteiger partial charge in [-0.25, -0.2) is 0 Å². The maximum absolute atomic E-state index is 11.1. The van der Waals surface area contributed by atoms with Crippen molar-refractivity contribution in [2.75, 3.05) is 0 Å². The van der Waals surface area contributed by atoms with E-state index in [0.29, 0.717) is 12.8 Å². The molecule has 0 saturated carbocycles.